The SMILES string of the molecule is Cc1csc(C(=O)N2CCSC2)c1. The lowest BCUT2D eigenvalue weighted by Gasteiger charge is -2.12. The van der Waals surface area contributed by atoms with Crippen molar-refractivity contribution in [3.05, 3.63) is 21.9 Å². The molecule has 1 aliphatic rings. The molecule has 0 spiro atoms. The van der Waals surface area contributed by atoms with Crippen LogP contribution in [0, 0.1) is 6.92 Å². The number of hydrogen-bond donors (Lipinski definition) is 0. The highest BCUT2D eigenvalue weighted by molar-refractivity contribution is 7.99. The number of thiophene rings is 1. The zero-order valence-corrected chi connectivity index (χ0v) is 9.08. The molecule has 0 radical (unpaired) electrons. The summed E-state index contributed by atoms with van der Waals surface area (Å²) in [5.41, 5.74) is 1.18. The maximum Gasteiger partial charge on any atom is 0.264 e. The highest BCUT2D eigenvalue weighted by Crippen LogP contribution is 2.20. The molecular formula is C9H11NOS2. The Morgan fingerprint density at radius 2 is 2.46 bits per heavy atom. The number of amides is 1. The molecule has 0 aliphatic carbocycles. The summed E-state index contributed by atoms with van der Waals surface area (Å²) in [5.74, 6) is 2.13. The molecule has 0 saturated carbocycles. The van der Waals surface area contributed by atoms with Gasteiger partial charge in [-0.25, -0.2) is 0 Å². The van der Waals surface area contributed by atoms with E-state index in [1.54, 1.807) is 11.3 Å². The van der Waals surface area contributed by atoms with Gasteiger partial charge in [0.2, 0.25) is 0 Å². The van der Waals surface area contributed by atoms with Gasteiger partial charge in [-0.2, -0.15) is 0 Å². The Bertz CT molecular complexity index is 315. The fraction of sp³-hybridized carbons (Fsp3) is 0.444. The lowest BCUT2D eigenvalue weighted by molar-refractivity contribution is 0.0807. The van der Waals surface area contributed by atoms with Crippen molar-refractivity contribution < 1.29 is 4.79 Å². The number of hydrogen-bond acceptors (Lipinski definition) is 3. The first-order valence-corrected chi connectivity index (χ1v) is 6.23. The standard InChI is InChI=1S/C9H11NOS2/c1-7-4-8(13-5-7)9(11)10-2-3-12-6-10/h4-5H,2-3,6H2,1H3. The number of nitrogens with zero attached hydrogens (tertiary/aromatic N) is 1. The highest BCUT2D eigenvalue weighted by atomic mass is 32.2. The Balaban J connectivity index is 2.12. The van der Waals surface area contributed by atoms with Crippen LogP contribution in [0.25, 0.3) is 0 Å². The molecule has 70 valence electrons. The lowest BCUT2D eigenvalue weighted by atomic mass is 10.3. The van der Waals surface area contributed by atoms with Crippen LogP contribution in [-0.4, -0.2) is 29.0 Å². The summed E-state index contributed by atoms with van der Waals surface area (Å²) in [4.78, 5) is 14.6. The van der Waals surface area contributed by atoms with E-state index in [1.807, 2.05) is 35.0 Å². The molecule has 2 nitrogen and oxygen atoms in total. The summed E-state index contributed by atoms with van der Waals surface area (Å²) >= 11 is 3.37. The Morgan fingerprint density at radius 3 is 3.00 bits per heavy atom. The van der Waals surface area contributed by atoms with E-state index < -0.39 is 0 Å². The third-order valence-corrected chi connectivity index (χ3v) is 3.98. The van der Waals surface area contributed by atoms with Crippen molar-refractivity contribution in [3.8, 4) is 0 Å². The van der Waals surface area contributed by atoms with Crippen LogP contribution in [0.1, 0.15) is 15.2 Å². The van der Waals surface area contributed by atoms with Crippen LogP contribution in [0.4, 0.5) is 0 Å². The number of thioether (sulfide) groups is 1. The minimum atomic E-state index is 0.197. The van der Waals surface area contributed by atoms with E-state index in [2.05, 4.69) is 0 Å². The van der Waals surface area contributed by atoms with Crippen LogP contribution >= 0.6 is 23.1 Å². The summed E-state index contributed by atoms with van der Waals surface area (Å²) in [7, 11) is 0. The Kier molecular flexibility index (Phi) is 2.60. The molecule has 13 heavy (non-hydrogen) atoms. The van der Waals surface area contributed by atoms with Gasteiger partial charge in [0.15, 0.2) is 0 Å². The fourth-order valence-corrected chi connectivity index (χ4v) is 3.08. The maximum absolute atomic E-state index is 11.8. The zero-order valence-electron chi connectivity index (χ0n) is 7.45. The molecular weight excluding hydrogens is 202 g/mol. The number of carbonyl (C=O) groups is 1. The fourth-order valence-electron chi connectivity index (χ4n) is 1.27. The van der Waals surface area contributed by atoms with Gasteiger partial charge >= 0.3 is 0 Å². The third kappa shape index (κ3) is 1.89. The number of aryl methyl sites for hydroxylation is 1. The lowest BCUT2D eigenvalue weighted by Crippen LogP contribution is -2.26. The van der Waals surface area contributed by atoms with Crippen molar-refractivity contribution >= 4 is 29.0 Å². The Morgan fingerprint density at radius 1 is 1.62 bits per heavy atom. The van der Waals surface area contributed by atoms with E-state index in [1.165, 1.54) is 5.56 Å². The Labute approximate surface area is 85.9 Å². The van der Waals surface area contributed by atoms with Crippen LogP contribution in [0.5, 0.6) is 0 Å². The quantitative estimate of drug-likeness (QED) is 0.713. The van der Waals surface area contributed by atoms with Gasteiger partial charge in [-0.15, -0.1) is 23.1 Å². The number of rotatable bonds is 1. The molecule has 1 saturated heterocycles. The van der Waals surface area contributed by atoms with Gasteiger partial charge in [0, 0.05) is 12.3 Å². The van der Waals surface area contributed by atoms with E-state index in [0.29, 0.717) is 0 Å². The Hall–Kier alpha value is -0.480. The summed E-state index contributed by atoms with van der Waals surface area (Å²) in [5, 5.41) is 2.02. The predicted molar refractivity (Wildman–Crippen MR) is 57.4 cm³/mol. The van der Waals surface area contributed by atoms with Gasteiger partial charge in [-0.1, -0.05) is 0 Å². The van der Waals surface area contributed by atoms with E-state index in [0.717, 1.165) is 23.1 Å². The second-order valence-electron chi connectivity index (χ2n) is 3.09. The molecule has 1 amide bonds. The molecule has 0 unspecified atom stereocenters. The van der Waals surface area contributed by atoms with Crippen molar-refractivity contribution in [2.75, 3.05) is 18.2 Å². The molecule has 2 rings (SSSR count). The molecule has 2 heterocycles. The predicted octanol–water partition coefficient (Wildman–Crippen LogP) is 2.20. The first-order chi connectivity index (χ1) is 6.27. The second-order valence-corrected chi connectivity index (χ2v) is 5.08. The van der Waals surface area contributed by atoms with E-state index in [-0.39, 0.29) is 5.91 Å². The van der Waals surface area contributed by atoms with Gasteiger partial charge in [-0.3, -0.25) is 4.79 Å². The van der Waals surface area contributed by atoms with Crippen LogP contribution in [0.2, 0.25) is 0 Å². The van der Waals surface area contributed by atoms with Gasteiger partial charge in [-0.05, 0) is 23.9 Å². The molecule has 0 aromatic carbocycles. The van der Waals surface area contributed by atoms with Crippen LogP contribution < -0.4 is 0 Å². The van der Waals surface area contributed by atoms with Crippen LogP contribution in [0.15, 0.2) is 11.4 Å². The van der Waals surface area contributed by atoms with E-state index in [4.69, 9.17) is 0 Å². The maximum atomic E-state index is 11.8. The summed E-state index contributed by atoms with van der Waals surface area (Å²) in [6.45, 7) is 2.92. The molecule has 1 aromatic heterocycles. The normalized spacial score (nSPS) is 16.5. The van der Waals surface area contributed by atoms with Gasteiger partial charge in [0.25, 0.3) is 5.91 Å². The molecule has 1 aromatic rings. The molecule has 0 bridgehead atoms. The van der Waals surface area contributed by atoms with Gasteiger partial charge < -0.3 is 4.90 Å². The van der Waals surface area contributed by atoms with Crippen molar-refractivity contribution in [2.24, 2.45) is 0 Å². The smallest absolute Gasteiger partial charge is 0.264 e. The highest BCUT2D eigenvalue weighted by Gasteiger charge is 2.20. The van der Waals surface area contributed by atoms with Crippen molar-refractivity contribution in [2.45, 2.75) is 6.92 Å². The summed E-state index contributed by atoms with van der Waals surface area (Å²) < 4.78 is 0. The molecule has 0 atom stereocenters. The van der Waals surface area contributed by atoms with E-state index >= 15 is 0 Å². The third-order valence-electron chi connectivity index (χ3n) is 1.98. The summed E-state index contributed by atoms with van der Waals surface area (Å²) in [6.07, 6.45) is 0. The van der Waals surface area contributed by atoms with Crippen molar-refractivity contribution in [1.29, 1.82) is 0 Å². The average molecular weight is 213 g/mol. The topological polar surface area (TPSA) is 20.3 Å². The molecule has 1 aliphatic heterocycles. The summed E-state index contributed by atoms with van der Waals surface area (Å²) in [6, 6.07) is 1.97. The van der Waals surface area contributed by atoms with Gasteiger partial charge in [0.1, 0.15) is 0 Å². The molecule has 0 N–H and O–H groups in total. The minimum Gasteiger partial charge on any atom is -0.328 e. The average Bonchev–Trinajstić information content (AvgIpc) is 2.72. The molecule has 1 fully saturated rings. The van der Waals surface area contributed by atoms with Crippen LogP contribution in [-0.2, 0) is 0 Å². The zero-order chi connectivity index (χ0) is 9.26. The second kappa shape index (κ2) is 3.72. The van der Waals surface area contributed by atoms with E-state index in [9.17, 15) is 4.79 Å². The first-order valence-electron chi connectivity index (χ1n) is 4.19. The first kappa shape index (κ1) is 9.09. The van der Waals surface area contributed by atoms with Crippen LogP contribution in [0.3, 0.4) is 0 Å². The van der Waals surface area contributed by atoms with Crippen molar-refractivity contribution in [1.82, 2.24) is 4.90 Å². The number of carbonyl (C=O) groups excluding carboxylic acids is 1. The molecule has 4 heteroatoms. The monoisotopic (exact) mass is 213 g/mol. The largest absolute Gasteiger partial charge is 0.328 e. The van der Waals surface area contributed by atoms with Gasteiger partial charge in [0.05, 0.1) is 10.8 Å². The van der Waals surface area contributed by atoms with Crippen molar-refractivity contribution in [3.63, 3.8) is 0 Å². The minimum absolute atomic E-state index is 0.197.